The van der Waals surface area contributed by atoms with Crippen LogP contribution in [0.3, 0.4) is 0 Å². The van der Waals surface area contributed by atoms with Gasteiger partial charge in [0.25, 0.3) is 0 Å². The molecule has 1 aromatic carbocycles. The predicted molar refractivity (Wildman–Crippen MR) is 71.0 cm³/mol. The summed E-state index contributed by atoms with van der Waals surface area (Å²) in [5.74, 6) is -0.972. The molecule has 0 unspecified atom stereocenters. The van der Waals surface area contributed by atoms with Crippen molar-refractivity contribution in [3.63, 3.8) is 0 Å². The van der Waals surface area contributed by atoms with Gasteiger partial charge in [-0.05, 0) is 30.4 Å². The molecule has 0 bridgehead atoms. The topological polar surface area (TPSA) is 73.5 Å². The Kier molecular flexibility index (Phi) is 3.82. The van der Waals surface area contributed by atoms with E-state index in [1.54, 1.807) is 0 Å². The molecule has 2 rings (SSSR count). The Bertz CT molecular complexity index is 568. The summed E-state index contributed by atoms with van der Waals surface area (Å²) in [4.78, 5) is 22.2. The van der Waals surface area contributed by atoms with Crippen LogP contribution in [0.1, 0.15) is 0 Å². The number of thiocarbonyl (C=S) groups is 1. The van der Waals surface area contributed by atoms with Crippen molar-refractivity contribution in [1.29, 1.82) is 0 Å². The van der Waals surface area contributed by atoms with Gasteiger partial charge in [-0.2, -0.15) is 0 Å². The van der Waals surface area contributed by atoms with Gasteiger partial charge in [0.2, 0.25) is 5.91 Å². The highest BCUT2D eigenvalue weighted by Crippen LogP contribution is 2.19. The van der Waals surface area contributed by atoms with Gasteiger partial charge in [-0.15, -0.1) is 0 Å². The molecule has 0 saturated carbocycles. The van der Waals surface area contributed by atoms with E-state index in [1.165, 1.54) is 18.2 Å². The minimum atomic E-state index is -0.591. The molecule has 1 aromatic rings. The number of imide groups is 1. The van der Waals surface area contributed by atoms with Crippen molar-refractivity contribution in [2.75, 3.05) is 11.9 Å². The zero-order chi connectivity index (χ0) is 14.0. The maximum atomic E-state index is 13.0. The lowest BCUT2D eigenvalue weighted by atomic mass is 10.3. The highest BCUT2D eigenvalue weighted by atomic mass is 35.5. The number of nitrogens with one attached hydrogen (secondary N) is 3. The zero-order valence-corrected chi connectivity index (χ0v) is 10.9. The summed E-state index contributed by atoms with van der Waals surface area (Å²) in [7, 11) is 0. The van der Waals surface area contributed by atoms with E-state index in [0.29, 0.717) is 5.69 Å². The first-order valence-electron chi connectivity index (χ1n) is 5.10. The number of hydrogen-bond acceptors (Lipinski definition) is 3. The molecule has 0 atom stereocenters. The number of hydrogen-bond donors (Lipinski definition) is 3. The number of carbonyl (C=O) groups is 2. The van der Waals surface area contributed by atoms with Crippen LogP contribution in [0.2, 0.25) is 5.02 Å². The Morgan fingerprint density at radius 3 is 2.79 bits per heavy atom. The number of carbonyl (C=O) groups excluding carboxylic acids is 2. The number of anilines is 1. The molecule has 6 nitrogen and oxygen atoms in total. The standard InChI is InChI=1S/C10H8ClFN4O2S/c11-6-3-5(1-2-7(6)12)13-9(19)15-16-4-8(17)14-10(16)18/h1-3H,4H2,(H2,13,15,19)(H,14,17,18). The van der Waals surface area contributed by atoms with Crippen LogP contribution in [-0.4, -0.2) is 28.6 Å². The van der Waals surface area contributed by atoms with Gasteiger partial charge in [-0.25, -0.2) is 14.2 Å². The third-order valence-electron chi connectivity index (χ3n) is 2.21. The zero-order valence-electron chi connectivity index (χ0n) is 9.37. The summed E-state index contributed by atoms with van der Waals surface area (Å²) in [5.41, 5.74) is 2.98. The first-order chi connectivity index (χ1) is 8.95. The Labute approximate surface area is 117 Å². The fourth-order valence-corrected chi connectivity index (χ4v) is 1.80. The van der Waals surface area contributed by atoms with Crippen LogP contribution in [0.15, 0.2) is 18.2 Å². The van der Waals surface area contributed by atoms with Crippen LogP contribution in [0.4, 0.5) is 14.9 Å². The molecule has 0 spiro atoms. The maximum Gasteiger partial charge on any atom is 0.343 e. The van der Waals surface area contributed by atoms with Gasteiger partial charge in [0.15, 0.2) is 5.11 Å². The van der Waals surface area contributed by atoms with Crippen LogP contribution in [0.5, 0.6) is 0 Å². The highest BCUT2D eigenvalue weighted by molar-refractivity contribution is 7.80. The van der Waals surface area contributed by atoms with Gasteiger partial charge in [-0.1, -0.05) is 11.6 Å². The van der Waals surface area contributed by atoms with Crippen molar-refractivity contribution >= 4 is 46.6 Å². The van der Waals surface area contributed by atoms with Crippen LogP contribution in [0, 0.1) is 5.82 Å². The number of benzene rings is 1. The predicted octanol–water partition coefficient (Wildman–Crippen LogP) is 1.23. The van der Waals surface area contributed by atoms with E-state index >= 15 is 0 Å². The van der Waals surface area contributed by atoms with Gasteiger partial charge < -0.3 is 5.32 Å². The number of urea groups is 1. The van der Waals surface area contributed by atoms with Crippen LogP contribution < -0.4 is 16.1 Å². The van der Waals surface area contributed by atoms with Crippen molar-refractivity contribution in [2.45, 2.75) is 0 Å². The van der Waals surface area contributed by atoms with Crippen molar-refractivity contribution in [3.05, 3.63) is 29.0 Å². The number of hydrazine groups is 1. The molecule has 100 valence electrons. The molecule has 1 aliphatic heterocycles. The fourth-order valence-electron chi connectivity index (χ4n) is 1.39. The second-order valence-corrected chi connectivity index (χ2v) is 4.45. The molecular formula is C10H8ClFN4O2S. The lowest BCUT2D eigenvalue weighted by Crippen LogP contribution is -2.45. The van der Waals surface area contributed by atoms with Gasteiger partial charge in [0.05, 0.1) is 5.02 Å². The molecule has 0 aromatic heterocycles. The molecule has 9 heteroatoms. The molecular weight excluding hydrogens is 295 g/mol. The summed E-state index contributed by atoms with van der Waals surface area (Å²) >= 11 is 10.6. The third kappa shape index (κ3) is 3.30. The number of rotatable bonds is 2. The molecule has 1 aliphatic rings. The Morgan fingerprint density at radius 1 is 1.47 bits per heavy atom. The lowest BCUT2D eigenvalue weighted by molar-refractivity contribution is -0.118. The minimum Gasteiger partial charge on any atom is -0.331 e. The van der Waals surface area contributed by atoms with Gasteiger partial charge in [-0.3, -0.25) is 15.5 Å². The van der Waals surface area contributed by atoms with Crippen LogP contribution >= 0.6 is 23.8 Å². The molecule has 3 amide bonds. The van der Waals surface area contributed by atoms with E-state index in [2.05, 4.69) is 16.1 Å². The number of amides is 3. The number of nitrogens with zero attached hydrogens (tertiary/aromatic N) is 1. The maximum absolute atomic E-state index is 13.0. The molecule has 1 saturated heterocycles. The van der Waals surface area contributed by atoms with E-state index in [9.17, 15) is 14.0 Å². The van der Waals surface area contributed by atoms with Gasteiger partial charge in [0.1, 0.15) is 12.4 Å². The summed E-state index contributed by atoms with van der Waals surface area (Å²) in [6.07, 6.45) is 0. The van der Waals surface area contributed by atoms with Crippen molar-refractivity contribution in [3.8, 4) is 0 Å². The normalized spacial score (nSPS) is 14.3. The summed E-state index contributed by atoms with van der Waals surface area (Å²) in [5, 5.41) is 5.83. The van der Waals surface area contributed by atoms with Gasteiger partial charge in [0, 0.05) is 5.69 Å². The van der Waals surface area contributed by atoms with Gasteiger partial charge >= 0.3 is 6.03 Å². The average molecular weight is 303 g/mol. The molecule has 0 aliphatic carbocycles. The second kappa shape index (κ2) is 5.37. The van der Waals surface area contributed by atoms with Crippen molar-refractivity contribution in [2.24, 2.45) is 0 Å². The second-order valence-electron chi connectivity index (χ2n) is 3.63. The largest absolute Gasteiger partial charge is 0.343 e. The van der Waals surface area contributed by atoms with E-state index < -0.39 is 17.8 Å². The first-order valence-corrected chi connectivity index (χ1v) is 5.88. The first kappa shape index (κ1) is 13.5. The average Bonchev–Trinajstić information content (AvgIpc) is 2.62. The molecule has 0 radical (unpaired) electrons. The highest BCUT2D eigenvalue weighted by Gasteiger charge is 2.27. The van der Waals surface area contributed by atoms with E-state index in [1.807, 2.05) is 0 Å². The van der Waals surface area contributed by atoms with Crippen molar-refractivity contribution < 1.29 is 14.0 Å². The van der Waals surface area contributed by atoms with E-state index in [4.69, 9.17) is 23.8 Å². The van der Waals surface area contributed by atoms with Crippen LogP contribution in [0.25, 0.3) is 0 Å². The minimum absolute atomic E-state index is 0.0538. The lowest BCUT2D eigenvalue weighted by Gasteiger charge is -2.17. The Balaban J connectivity index is 1.96. The molecule has 19 heavy (non-hydrogen) atoms. The monoisotopic (exact) mass is 302 g/mol. The molecule has 1 heterocycles. The molecule has 1 fully saturated rings. The quantitative estimate of drug-likeness (QED) is 0.566. The van der Waals surface area contributed by atoms with Crippen LogP contribution in [-0.2, 0) is 4.79 Å². The van der Waals surface area contributed by atoms with E-state index in [0.717, 1.165) is 5.01 Å². The smallest absolute Gasteiger partial charge is 0.331 e. The summed E-state index contributed by atoms with van der Waals surface area (Å²) in [6, 6.07) is 3.37. The van der Waals surface area contributed by atoms with Crippen molar-refractivity contribution in [1.82, 2.24) is 15.8 Å². The summed E-state index contributed by atoms with van der Waals surface area (Å²) < 4.78 is 13.0. The number of halogens is 2. The molecule has 3 N–H and O–H groups in total. The Morgan fingerprint density at radius 2 is 2.21 bits per heavy atom. The Hall–Kier alpha value is -1.93. The SMILES string of the molecule is O=C1CN(NC(=S)Nc2ccc(F)c(Cl)c2)C(=O)N1. The summed E-state index contributed by atoms with van der Waals surface area (Å²) in [6.45, 7) is -0.134. The fraction of sp³-hybridized carbons (Fsp3) is 0.100. The van der Waals surface area contributed by atoms with E-state index in [-0.39, 0.29) is 16.7 Å². The third-order valence-corrected chi connectivity index (χ3v) is 2.69.